The highest BCUT2D eigenvalue weighted by molar-refractivity contribution is 5.98. The maximum absolute atomic E-state index is 13.0. The van der Waals surface area contributed by atoms with Gasteiger partial charge >= 0.3 is 5.97 Å². The SMILES string of the molecule is COc1ccc(C(=O)NC2(C(=O)O)CCC(C)CC2)cc1OCCc1cccc(C2COC2)c1. The lowest BCUT2D eigenvalue weighted by Crippen LogP contribution is -2.56. The molecule has 34 heavy (non-hydrogen) atoms. The summed E-state index contributed by atoms with van der Waals surface area (Å²) in [6.07, 6.45) is 3.12. The van der Waals surface area contributed by atoms with Gasteiger partial charge in [0.2, 0.25) is 0 Å². The van der Waals surface area contributed by atoms with Crippen molar-refractivity contribution in [2.45, 2.75) is 50.5 Å². The second kappa shape index (κ2) is 10.5. The number of hydrogen-bond donors (Lipinski definition) is 2. The molecule has 1 aliphatic carbocycles. The van der Waals surface area contributed by atoms with Crippen LogP contribution in [0.25, 0.3) is 0 Å². The molecule has 1 heterocycles. The molecule has 0 bridgehead atoms. The standard InChI is InChI=1S/C27H33NO6/c1-18-8-11-27(12-9-18,26(30)31)28-25(29)21-6-7-23(32-2)24(15-21)34-13-10-19-4-3-5-20(14-19)22-16-33-17-22/h3-7,14-15,18,22H,8-13,16-17H2,1-2H3,(H,28,29)(H,30,31). The van der Waals surface area contributed by atoms with Gasteiger partial charge < -0.3 is 24.6 Å². The third kappa shape index (κ3) is 5.36. The third-order valence-electron chi connectivity index (χ3n) is 7.02. The van der Waals surface area contributed by atoms with Gasteiger partial charge in [-0.1, -0.05) is 31.2 Å². The van der Waals surface area contributed by atoms with E-state index in [0.29, 0.717) is 54.8 Å². The number of carbonyl (C=O) groups is 2. The lowest BCUT2D eigenvalue weighted by Gasteiger charge is -2.36. The molecule has 2 N–H and O–H groups in total. The summed E-state index contributed by atoms with van der Waals surface area (Å²) in [5.41, 5.74) is 1.58. The number of rotatable bonds is 9. The first kappa shape index (κ1) is 24.1. The van der Waals surface area contributed by atoms with E-state index in [1.165, 1.54) is 11.1 Å². The molecule has 2 aliphatic rings. The summed E-state index contributed by atoms with van der Waals surface area (Å²) < 4.78 is 16.7. The number of hydrogen-bond acceptors (Lipinski definition) is 5. The third-order valence-corrected chi connectivity index (χ3v) is 7.02. The minimum atomic E-state index is -1.22. The number of ether oxygens (including phenoxy) is 3. The monoisotopic (exact) mass is 467 g/mol. The van der Waals surface area contributed by atoms with Gasteiger partial charge in [0, 0.05) is 17.9 Å². The number of carboxylic acid groups (broad SMARTS) is 1. The number of benzene rings is 2. The zero-order valence-electron chi connectivity index (χ0n) is 19.8. The zero-order valence-corrected chi connectivity index (χ0v) is 19.8. The first-order valence-electron chi connectivity index (χ1n) is 11.9. The van der Waals surface area contributed by atoms with E-state index in [2.05, 4.69) is 36.5 Å². The largest absolute Gasteiger partial charge is 0.493 e. The normalized spacial score (nSPS) is 22.5. The van der Waals surface area contributed by atoms with Crippen molar-refractivity contribution in [3.63, 3.8) is 0 Å². The zero-order chi connectivity index (χ0) is 24.1. The first-order chi connectivity index (χ1) is 16.4. The molecular weight excluding hydrogens is 434 g/mol. The lowest BCUT2D eigenvalue weighted by molar-refractivity contribution is -0.146. The highest BCUT2D eigenvalue weighted by Gasteiger charge is 2.42. The molecule has 0 spiro atoms. The molecule has 0 radical (unpaired) electrons. The molecule has 7 nitrogen and oxygen atoms in total. The van der Waals surface area contributed by atoms with Crippen molar-refractivity contribution in [3.8, 4) is 11.5 Å². The van der Waals surface area contributed by atoms with E-state index < -0.39 is 17.4 Å². The Balaban J connectivity index is 1.42. The second-order valence-electron chi connectivity index (χ2n) is 9.47. The number of nitrogens with one attached hydrogen (secondary N) is 1. The number of carboxylic acids is 1. The fourth-order valence-electron chi connectivity index (χ4n) is 4.58. The van der Waals surface area contributed by atoms with Crippen molar-refractivity contribution in [3.05, 3.63) is 59.2 Å². The summed E-state index contributed by atoms with van der Waals surface area (Å²) >= 11 is 0. The van der Waals surface area contributed by atoms with Crippen LogP contribution < -0.4 is 14.8 Å². The highest BCUT2D eigenvalue weighted by Crippen LogP contribution is 2.33. The summed E-state index contributed by atoms with van der Waals surface area (Å²) in [6.45, 7) is 4.07. The van der Waals surface area contributed by atoms with E-state index in [1.54, 1.807) is 25.3 Å². The number of carbonyl (C=O) groups excluding carboxylic acids is 1. The van der Waals surface area contributed by atoms with E-state index in [4.69, 9.17) is 14.2 Å². The minimum absolute atomic E-state index is 0.349. The molecule has 7 heteroatoms. The van der Waals surface area contributed by atoms with Gasteiger partial charge in [-0.05, 0) is 60.9 Å². The molecule has 1 saturated heterocycles. The minimum Gasteiger partial charge on any atom is -0.493 e. The fraction of sp³-hybridized carbons (Fsp3) is 0.481. The van der Waals surface area contributed by atoms with Crippen LogP contribution in [0.1, 0.15) is 60.0 Å². The van der Waals surface area contributed by atoms with E-state index in [0.717, 1.165) is 26.1 Å². The van der Waals surface area contributed by atoms with Crippen molar-refractivity contribution in [1.29, 1.82) is 0 Å². The number of methoxy groups -OCH3 is 1. The molecule has 2 aromatic rings. The van der Waals surface area contributed by atoms with Gasteiger partial charge in [-0.25, -0.2) is 4.79 Å². The molecule has 2 aromatic carbocycles. The van der Waals surface area contributed by atoms with E-state index in [9.17, 15) is 14.7 Å². The van der Waals surface area contributed by atoms with E-state index in [1.807, 2.05) is 0 Å². The van der Waals surface area contributed by atoms with E-state index in [-0.39, 0.29) is 0 Å². The van der Waals surface area contributed by atoms with Gasteiger partial charge in [0.25, 0.3) is 5.91 Å². The molecule has 2 fully saturated rings. The van der Waals surface area contributed by atoms with Crippen LogP contribution in [-0.4, -0.2) is 49.5 Å². The summed E-state index contributed by atoms with van der Waals surface area (Å²) in [4.78, 5) is 25.0. The Hall–Kier alpha value is -3.06. The van der Waals surface area contributed by atoms with Gasteiger partial charge in [-0.2, -0.15) is 0 Å². The Kier molecular flexibility index (Phi) is 7.41. The van der Waals surface area contributed by atoms with Crippen molar-refractivity contribution < 1.29 is 28.9 Å². The van der Waals surface area contributed by atoms with Crippen LogP contribution in [0.5, 0.6) is 11.5 Å². The smallest absolute Gasteiger partial charge is 0.329 e. The van der Waals surface area contributed by atoms with Crippen molar-refractivity contribution in [1.82, 2.24) is 5.32 Å². The number of aliphatic carboxylic acids is 1. The predicted octanol–water partition coefficient (Wildman–Crippen LogP) is 4.19. The number of amides is 1. The Morgan fingerprint density at radius 2 is 1.88 bits per heavy atom. The van der Waals surface area contributed by atoms with Crippen LogP contribution in [0, 0.1) is 5.92 Å². The quantitative estimate of drug-likeness (QED) is 0.574. The summed E-state index contributed by atoms with van der Waals surface area (Å²) in [5.74, 6) is 0.524. The summed E-state index contributed by atoms with van der Waals surface area (Å²) in [5, 5.41) is 12.6. The van der Waals surface area contributed by atoms with Gasteiger partial charge in [-0.3, -0.25) is 4.79 Å². The van der Waals surface area contributed by atoms with Crippen LogP contribution in [0.2, 0.25) is 0 Å². The molecule has 1 aliphatic heterocycles. The van der Waals surface area contributed by atoms with Crippen LogP contribution in [-0.2, 0) is 16.0 Å². The van der Waals surface area contributed by atoms with Gasteiger partial charge in [0.1, 0.15) is 5.54 Å². The van der Waals surface area contributed by atoms with Crippen molar-refractivity contribution >= 4 is 11.9 Å². The predicted molar refractivity (Wildman–Crippen MR) is 128 cm³/mol. The molecule has 182 valence electrons. The molecule has 0 unspecified atom stereocenters. The lowest BCUT2D eigenvalue weighted by atomic mass is 9.77. The van der Waals surface area contributed by atoms with Crippen LogP contribution in [0.15, 0.2) is 42.5 Å². The Morgan fingerprint density at radius 3 is 2.53 bits per heavy atom. The van der Waals surface area contributed by atoms with Crippen molar-refractivity contribution in [2.75, 3.05) is 26.9 Å². The molecule has 1 amide bonds. The first-order valence-corrected chi connectivity index (χ1v) is 11.9. The molecule has 0 aromatic heterocycles. The second-order valence-corrected chi connectivity index (χ2v) is 9.47. The average Bonchev–Trinajstić information content (AvgIpc) is 2.79. The van der Waals surface area contributed by atoms with E-state index >= 15 is 0 Å². The topological polar surface area (TPSA) is 94.1 Å². The maximum Gasteiger partial charge on any atom is 0.329 e. The Bertz CT molecular complexity index is 1020. The van der Waals surface area contributed by atoms with Crippen LogP contribution >= 0.6 is 0 Å². The van der Waals surface area contributed by atoms with Crippen LogP contribution in [0.3, 0.4) is 0 Å². The maximum atomic E-state index is 13.0. The van der Waals surface area contributed by atoms with Gasteiger partial charge in [-0.15, -0.1) is 0 Å². The fourth-order valence-corrected chi connectivity index (χ4v) is 4.58. The Morgan fingerprint density at radius 1 is 1.12 bits per heavy atom. The summed E-state index contributed by atoms with van der Waals surface area (Å²) in [7, 11) is 1.55. The molecular formula is C27H33NO6. The summed E-state index contributed by atoms with van der Waals surface area (Å²) in [6, 6.07) is 13.4. The Labute approximate surface area is 200 Å². The van der Waals surface area contributed by atoms with Gasteiger partial charge in [0.15, 0.2) is 11.5 Å². The van der Waals surface area contributed by atoms with Gasteiger partial charge in [0.05, 0.1) is 26.9 Å². The highest BCUT2D eigenvalue weighted by atomic mass is 16.5. The van der Waals surface area contributed by atoms with Crippen molar-refractivity contribution in [2.24, 2.45) is 5.92 Å². The molecule has 4 rings (SSSR count). The molecule has 1 saturated carbocycles. The van der Waals surface area contributed by atoms with Crippen LogP contribution in [0.4, 0.5) is 0 Å². The average molecular weight is 468 g/mol. The molecule has 0 atom stereocenters.